The number of hydrogen-bond acceptors (Lipinski definition) is 4. The predicted molar refractivity (Wildman–Crippen MR) is 114 cm³/mol. The predicted octanol–water partition coefficient (Wildman–Crippen LogP) is 2.87. The van der Waals surface area contributed by atoms with Crippen LogP contribution in [0.25, 0.3) is 0 Å². The van der Waals surface area contributed by atoms with Crippen molar-refractivity contribution in [1.82, 2.24) is 0 Å². The zero-order valence-corrected chi connectivity index (χ0v) is 17.0. The number of carbonyl (C=O) groups excluding carboxylic acids is 3. The molecule has 154 valence electrons. The number of benzene rings is 3. The number of carbonyl (C=O) groups is 3. The van der Waals surface area contributed by atoms with E-state index < -0.39 is 11.6 Å². The van der Waals surface area contributed by atoms with Gasteiger partial charge in [-0.05, 0) is 11.6 Å². The second-order valence-corrected chi connectivity index (χ2v) is 8.05. The van der Waals surface area contributed by atoms with Crippen LogP contribution in [0.2, 0.25) is 0 Å². The summed E-state index contributed by atoms with van der Waals surface area (Å²) in [6.07, 6.45) is 1.38. The second kappa shape index (κ2) is 7.60. The number of hydrogen-bond donors (Lipinski definition) is 1. The third-order valence-electron chi connectivity index (χ3n) is 6.26. The van der Waals surface area contributed by atoms with Crippen LogP contribution in [-0.4, -0.2) is 30.6 Å². The molecule has 1 aliphatic carbocycles. The SMILES string of the molecule is O=C(OC1(c2ccccc2)CC[NH2+]CC1)c1cccc2c1C(=O)c1ccccc1C2=O. The fraction of sp³-hybridized carbons (Fsp3) is 0.192. The summed E-state index contributed by atoms with van der Waals surface area (Å²) in [7, 11) is 0. The molecule has 5 nitrogen and oxygen atoms in total. The van der Waals surface area contributed by atoms with E-state index in [4.69, 9.17) is 4.74 Å². The van der Waals surface area contributed by atoms with Crippen LogP contribution in [0.15, 0.2) is 72.8 Å². The molecule has 0 spiro atoms. The minimum Gasteiger partial charge on any atom is -0.450 e. The van der Waals surface area contributed by atoms with Gasteiger partial charge in [0.15, 0.2) is 11.6 Å². The van der Waals surface area contributed by atoms with Crippen LogP contribution in [0.5, 0.6) is 0 Å². The third kappa shape index (κ3) is 3.18. The van der Waals surface area contributed by atoms with E-state index in [0.29, 0.717) is 24.0 Å². The first-order valence-electron chi connectivity index (χ1n) is 10.5. The van der Waals surface area contributed by atoms with Gasteiger partial charge >= 0.3 is 5.97 Å². The molecular formula is C26H22NO4+. The summed E-state index contributed by atoms with van der Waals surface area (Å²) in [6.45, 7) is 1.69. The average molecular weight is 412 g/mol. The first kappa shape index (κ1) is 19.4. The van der Waals surface area contributed by atoms with Crippen molar-refractivity contribution in [2.45, 2.75) is 18.4 Å². The molecule has 0 radical (unpaired) electrons. The van der Waals surface area contributed by atoms with E-state index in [1.807, 2.05) is 30.3 Å². The van der Waals surface area contributed by atoms with Gasteiger partial charge in [-0.2, -0.15) is 0 Å². The lowest BCUT2D eigenvalue weighted by Gasteiger charge is -2.36. The van der Waals surface area contributed by atoms with Crippen molar-refractivity contribution in [3.63, 3.8) is 0 Å². The first-order valence-corrected chi connectivity index (χ1v) is 10.5. The van der Waals surface area contributed by atoms with Gasteiger partial charge in [0.1, 0.15) is 5.60 Å². The molecule has 31 heavy (non-hydrogen) atoms. The smallest absolute Gasteiger partial charge is 0.339 e. The molecule has 0 bridgehead atoms. The Kier molecular flexibility index (Phi) is 4.75. The average Bonchev–Trinajstić information content (AvgIpc) is 2.83. The van der Waals surface area contributed by atoms with Crippen molar-refractivity contribution in [1.29, 1.82) is 0 Å². The van der Waals surface area contributed by atoms with Crippen molar-refractivity contribution in [3.05, 3.63) is 106 Å². The molecule has 5 rings (SSSR count). The highest BCUT2D eigenvalue weighted by Crippen LogP contribution is 2.36. The quantitative estimate of drug-likeness (QED) is 0.525. The highest BCUT2D eigenvalue weighted by Gasteiger charge is 2.41. The highest BCUT2D eigenvalue weighted by molar-refractivity contribution is 6.30. The van der Waals surface area contributed by atoms with Gasteiger partial charge in [0.2, 0.25) is 0 Å². The van der Waals surface area contributed by atoms with Crippen molar-refractivity contribution in [2.75, 3.05) is 13.1 Å². The Bertz CT molecular complexity index is 1190. The molecule has 2 N–H and O–H groups in total. The second-order valence-electron chi connectivity index (χ2n) is 8.05. The number of quaternary nitrogens is 1. The van der Waals surface area contributed by atoms with Crippen LogP contribution >= 0.6 is 0 Å². The number of ketones is 2. The molecule has 3 aromatic carbocycles. The first-order chi connectivity index (χ1) is 15.1. The Morgan fingerprint density at radius 1 is 0.742 bits per heavy atom. The van der Waals surface area contributed by atoms with Gasteiger partial charge in [0.05, 0.1) is 18.7 Å². The summed E-state index contributed by atoms with van der Waals surface area (Å²) in [5, 5.41) is 2.21. The van der Waals surface area contributed by atoms with Crippen LogP contribution in [0.1, 0.15) is 60.6 Å². The number of piperidine rings is 1. The summed E-state index contributed by atoms with van der Waals surface area (Å²) in [4.78, 5) is 39.7. The van der Waals surface area contributed by atoms with Crippen molar-refractivity contribution in [3.8, 4) is 0 Å². The lowest BCUT2D eigenvalue weighted by atomic mass is 9.81. The molecule has 2 aliphatic rings. The summed E-state index contributed by atoms with van der Waals surface area (Å²) in [6, 6.07) is 21.3. The molecule has 1 heterocycles. The summed E-state index contributed by atoms with van der Waals surface area (Å²) in [5.41, 5.74) is 1.45. The third-order valence-corrected chi connectivity index (χ3v) is 6.26. The highest BCUT2D eigenvalue weighted by atomic mass is 16.6. The van der Waals surface area contributed by atoms with E-state index in [9.17, 15) is 14.4 Å². The normalized spacial score (nSPS) is 16.9. The van der Waals surface area contributed by atoms with E-state index in [2.05, 4.69) is 5.32 Å². The number of nitrogens with two attached hydrogens (primary N) is 1. The molecular weight excluding hydrogens is 390 g/mol. The molecule has 0 amide bonds. The zero-order chi connectivity index (χ0) is 21.4. The van der Waals surface area contributed by atoms with E-state index >= 15 is 0 Å². The summed E-state index contributed by atoms with van der Waals surface area (Å²) in [5.74, 6) is -1.13. The monoisotopic (exact) mass is 412 g/mol. The van der Waals surface area contributed by atoms with Crippen LogP contribution < -0.4 is 5.32 Å². The molecule has 1 aliphatic heterocycles. The van der Waals surface area contributed by atoms with Crippen LogP contribution in [-0.2, 0) is 10.3 Å². The Morgan fingerprint density at radius 2 is 1.35 bits per heavy atom. The van der Waals surface area contributed by atoms with E-state index in [0.717, 1.165) is 18.7 Å². The van der Waals surface area contributed by atoms with Gasteiger partial charge in [-0.3, -0.25) is 9.59 Å². The van der Waals surface area contributed by atoms with E-state index in [-0.39, 0.29) is 28.3 Å². The number of rotatable bonds is 3. The van der Waals surface area contributed by atoms with Gasteiger partial charge in [-0.15, -0.1) is 0 Å². The fourth-order valence-electron chi connectivity index (χ4n) is 4.68. The van der Waals surface area contributed by atoms with Gasteiger partial charge in [0, 0.05) is 35.1 Å². The van der Waals surface area contributed by atoms with Crippen LogP contribution in [0, 0.1) is 0 Å². The Balaban J connectivity index is 1.57. The van der Waals surface area contributed by atoms with E-state index in [1.165, 1.54) is 0 Å². The van der Waals surface area contributed by atoms with Crippen molar-refractivity contribution in [2.24, 2.45) is 0 Å². The maximum atomic E-state index is 13.4. The molecule has 1 saturated heterocycles. The molecule has 0 atom stereocenters. The minimum atomic E-state index is -0.741. The topological polar surface area (TPSA) is 77.0 Å². The van der Waals surface area contributed by atoms with E-state index in [1.54, 1.807) is 42.5 Å². The van der Waals surface area contributed by atoms with Gasteiger partial charge in [-0.1, -0.05) is 66.7 Å². The number of ether oxygens (including phenoxy) is 1. The van der Waals surface area contributed by atoms with Gasteiger partial charge in [0.25, 0.3) is 0 Å². The zero-order valence-electron chi connectivity index (χ0n) is 17.0. The number of esters is 1. The largest absolute Gasteiger partial charge is 0.450 e. The van der Waals surface area contributed by atoms with Gasteiger partial charge < -0.3 is 10.1 Å². The minimum absolute atomic E-state index is 0.141. The van der Waals surface area contributed by atoms with Crippen LogP contribution in [0.3, 0.4) is 0 Å². The Morgan fingerprint density at radius 3 is 2.06 bits per heavy atom. The molecule has 0 unspecified atom stereocenters. The van der Waals surface area contributed by atoms with Crippen molar-refractivity contribution >= 4 is 17.5 Å². The molecule has 0 saturated carbocycles. The van der Waals surface area contributed by atoms with Gasteiger partial charge in [-0.25, -0.2) is 4.79 Å². The Labute approximate surface area is 180 Å². The summed E-state index contributed by atoms with van der Waals surface area (Å²) >= 11 is 0. The molecule has 0 aromatic heterocycles. The lowest BCUT2D eigenvalue weighted by Crippen LogP contribution is -2.87. The molecule has 3 aromatic rings. The van der Waals surface area contributed by atoms with Crippen LogP contribution in [0.4, 0.5) is 0 Å². The number of fused-ring (bicyclic) bond motifs is 2. The Hall–Kier alpha value is -3.57. The van der Waals surface area contributed by atoms with Crippen molar-refractivity contribution < 1.29 is 24.4 Å². The molecule has 5 heteroatoms. The maximum Gasteiger partial charge on any atom is 0.339 e. The fourth-order valence-corrected chi connectivity index (χ4v) is 4.68. The lowest BCUT2D eigenvalue weighted by molar-refractivity contribution is -0.668. The molecule has 1 fully saturated rings. The standard InChI is InChI=1S/C26H21NO4/c28-23-18-9-4-5-10-19(18)24(29)22-20(23)11-6-12-21(22)25(30)31-26(13-15-27-16-14-26)17-7-2-1-3-8-17/h1-12,27H,13-16H2/p+1. The maximum absolute atomic E-state index is 13.4. The summed E-state index contributed by atoms with van der Waals surface area (Å²) < 4.78 is 6.17.